The number of benzene rings is 1. The summed E-state index contributed by atoms with van der Waals surface area (Å²) in [5.41, 5.74) is 0.167. The van der Waals surface area contributed by atoms with Gasteiger partial charge in [-0.2, -0.15) is 0 Å². The summed E-state index contributed by atoms with van der Waals surface area (Å²) in [6.45, 7) is 1.57. The van der Waals surface area contributed by atoms with E-state index in [-0.39, 0.29) is 22.4 Å². The molecule has 0 saturated heterocycles. The number of anilines is 1. The summed E-state index contributed by atoms with van der Waals surface area (Å²) >= 11 is 0. The van der Waals surface area contributed by atoms with Crippen molar-refractivity contribution in [3.8, 4) is 0 Å². The fourth-order valence-corrected chi connectivity index (χ4v) is 2.05. The number of hydrogen-bond acceptors (Lipinski definition) is 4. The normalized spacial score (nSPS) is 10.8. The average molecular weight is 287 g/mol. The summed E-state index contributed by atoms with van der Waals surface area (Å²) in [4.78, 5) is 30.4. The highest BCUT2D eigenvalue weighted by Gasteiger charge is 2.21. The van der Waals surface area contributed by atoms with Crippen LogP contribution in [-0.2, 0) is 0 Å². The lowest BCUT2D eigenvalue weighted by atomic mass is 10.1. The highest BCUT2D eigenvalue weighted by molar-refractivity contribution is 6.12. The second-order valence-electron chi connectivity index (χ2n) is 4.41. The highest BCUT2D eigenvalue weighted by atomic mass is 19.1. The van der Waals surface area contributed by atoms with E-state index in [9.17, 15) is 14.0 Å². The summed E-state index contributed by atoms with van der Waals surface area (Å²) in [6.07, 6.45) is 1.20. The lowest BCUT2D eigenvalue weighted by Crippen LogP contribution is -2.16. The predicted molar refractivity (Wildman–Crippen MR) is 73.7 cm³/mol. The van der Waals surface area contributed by atoms with Gasteiger partial charge in [0.25, 0.3) is 11.5 Å². The molecule has 21 heavy (non-hydrogen) atoms. The quantitative estimate of drug-likeness (QED) is 0.756. The second kappa shape index (κ2) is 4.86. The van der Waals surface area contributed by atoms with Crippen LogP contribution in [-0.4, -0.2) is 15.9 Å². The number of H-pyrrole nitrogens is 1. The van der Waals surface area contributed by atoms with E-state index in [4.69, 9.17) is 4.42 Å². The molecule has 6 nitrogen and oxygen atoms in total. The Hall–Kier alpha value is -2.96. The fourth-order valence-electron chi connectivity index (χ4n) is 2.05. The fraction of sp³-hybridized carbons (Fsp3) is 0.0714. The Balaban J connectivity index is 2.04. The Kier molecular flexibility index (Phi) is 3.02. The van der Waals surface area contributed by atoms with Crippen LogP contribution in [0.4, 0.5) is 10.1 Å². The second-order valence-corrected chi connectivity index (χ2v) is 4.41. The van der Waals surface area contributed by atoms with E-state index < -0.39 is 17.3 Å². The molecule has 1 amide bonds. The van der Waals surface area contributed by atoms with Crippen LogP contribution >= 0.6 is 0 Å². The maximum atomic E-state index is 12.8. The van der Waals surface area contributed by atoms with Crippen molar-refractivity contribution >= 4 is 22.7 Å². The maximum Gasteiger partial charge on any atom is 0.262 e. The number of aromatic nitrogens is 2. The molecule has 0 atom stereocenters. The van der Waals surface area contributed by atoms with E-state index in [1.54, 1.807) is 6.92 Å². The zero-order valence-electron chi connectivity index (χ0n) is 10.9. The smallest absolute Gasteiger partial charge is 0.262 e. The van der Waals surface area contributed by atoms with Crippen molar-refractivity contribution in [2.45, 2.75) is 6.92 Å². The number of carbonyl (C=O) groups is 1. The maximum absolute atomic E-state index is 12.8. The van der Waals surface area contributed by atoms with Gasteiger partial charge in [0.15, 0.2) is 0 Å². The Morgan fingerprint density at radius 2 is 2.05 bits per heavy atom. The van der Waals surface area contributed by atoms with Crippen molar-refractivity contribution in [2.24, 2.45) is 0 Å². The van der Waals surface area contributed by atoms with E-state index >= 15 is 0 Å². The van der Waals surface area contributed by atoms with Gasteiger partial charge in [-0.05, 0) is 31.2 Å². The van der Waals surface area contributed by atoms with E-state index in [0.717, 1.165) is 0 Å². The van der Waals surface area contributed by atoms with Gasteiger partial charge in [-0.15, -0.1) is 0 Å². The van der Waals surface area contributed by atoms with Gasteiger partial charge < -0.3 is 14.7 Å². The topological polar surface area (TPSA) is 88.0 Å². The number of halogens is 1. The van der Waals surface area contributed by atoms with Gasteiger partial charge in [0.1, 0.15) is 17.0 Å². The first-order chi connectivity index (χ1) is 10.1. The van der Waals surface area contributed by atoms with Crippen LogP contribution in [0.1, 0.15) is 16.1 Å². The number of aromatic amines is 1. The minimum atomic E-state index is -0.517. The molecule has 0 fully saturated rings. The SMILES string of the molecule is Cc1oc2nc[nH]c(=O)c2c1C(=O)Nc1ccc(F)cc1. The molecule has 3 rings (SSSR count). The standard InChI is InChI=1S/C14H10FN3O3/c1-7-10(11-12(19)16-6-17-14(11)21-7)13(20)18-9-4-2-8(15)3-5-9/h2-6H,1H3,(H,18,20)(H,16,17,19). The molecule has 106 valence electrons. The first-order valence-corrected chi connectivity index (χ1v) is 6.10. The molecule has 2 heterocycles. The van der Waals surface area contributed by atoms with Gasteiger partial charge in [-0.1, -0.05) is 0 Å². The number of nitrogens with one attached hydrogen (secondary N) is 2. The van der Waals surface area contributed by atoms with Crippen molar-refractivity contribution in [1.29, 1.82) is 0 Å². The van der Waals surface area contributed by atoms with E-state index in [0.29, 0.717) is 5.69 Å². The van der Waals surface area contributed by atoms with Gasteiger partial charge in [0, 0.05) is 5.69 Å². The van der Waals surface area contributed by atoms with Crippen LogP contribution < -0.4 is 10.9 Å². The zero-order chi connectivity index (χ0) is 15.0. The van der Waals surface area contributed by atoms with Crippen molar-refractivity contribution in [2.75, 3.05) is 5.32 Å². The number of aryl methyl sites for hydroxylation is 1. The molecule has 0 saturated carbocycles. The third-order valence-electron chi connectivity index (χ3n) is 3.00. The third kappa shape index (κ3) is 2.29. The molecule has 0 spiro atoms. The van der Waals surface area contributed by atoms with Gasteiger partial charge in [0.2, 0.25) is 5.71 Å². The number of nitrogens with zero attached hydrogens (tertiary/aromatic N) is 1. The molecule has 2 aromatic heterocycles. The summed E-state index contributed by atoms with van der Waals surface area (Å²) < 4.78 is 18.1. The van der Waals surface area contributed by atoms with Gasteiger partial charge >= 0.3 is 0 Å². The summed E-state index contributed by atoms with van der Waals surface area (Å²) in [6, 6.07) is 5.30. The molecule has 0 unspecified atom stereocenters. The number of carbonyl (C=O) groups excluding carboxylic acids is 1. The molecule has 1 aromatic carbocycles. The van der Waals surface area contributed by atoms with Gasteiger partial charge in [-0.25, -0.2) is 9.37 Å². The van der Waals surface area contributed by atoms with E-state index in [1.807, 2.05) is 0 Å². The number of furan rings is 1. The van der Waals surface area contributed by atoms with Crippen molar-refractivity contribution < 1.29 is 13.6 Å². The molecule has 0 radical (unpaired) electrons. The van der Waals surface area contributed by atoms with Crippen LogP contribution in [0.15, 0.2) is 39.8 Å². The first kappa shape index (κ1) is 13.0. The third-order valence-corrected chi connectivity index (χ3v) is 3.00. The Morgan fingerprint density at radius 1 is 1.33 bits per heavy atom. The molecule has 3 aromatic rings. The number of hydrogen-bond donors (Lipinski definition) is 2. The summed E-state index contributed by atoms with van der Waals surface area (Å²) in [7, 11) is 0. The van der Waals surface area contributed by atoms with Crippen LogP contribution in [0.2, 0.25) is 0 Å². The van der Waals surface area contributed by atoms with E-state index in [2.05, 4.69) is 15.3 Å². The molecular weight excluding hydrogens is 277 g/mol. The highest BCUT2D eigenvalue weighted by Crippen LogP contribution is 2.21. The number of rotatable bonds is 2. The Bertz CT molecular complexity index is 881. The van der Waals surface area contributed by atoms with Crippen molar-refractivity contribution in [3.63, 3.8) is 0 Å². The summed E-state index contributed by atoms with van der Waals surface area (Å²) in [5, 5.41) is 2.68. The largest absolute Gasteiger partial charge is 0.442 e. The van der Waals surface area contributed by atoms with Crippen molar-refractivity contribution in [1.82, 2.24) is 9.97 Å². The monoisotopic (exact) mass is 287 g/mol. The molecular formula is C14H10FN3O3. The summed E-state index contributed by atoms with van der Waals surface area (Å²) in [5.74, 6) is -0.635. The lowest BCUT2D eigenvalue weighted by molar-refractivity contribution is 0.102. The number of amides is 1. The van der Waals surface area contributed by atoms with Crippen LogP contribution in [0.25, 0.3) is 11.1 Å². The number of fused-ring (bicyclic) bond motifs is 1. The van der Waals surface area contributed by atoms with Crippen LogP contribution in [0.3, 0.4) is 0 Å². The minimum absolute atomic E-state index is 0.0922. The van der Waals surface area contributed by atoms with Gasteiger partial charge in [-0.3, -0.25) is 9.59 Å². The molecule has 0 aliphatic heterocycles. The van der Waals surface area contributed by atoms with Crippen LogP contribution in [0.5, 0.6) is 0 Å². The van der Waals surface area contributed by atoms with Crippen LogP contribution in [0, 0.1) is 12.7 Å². The van der Waals surface area contributed by atoms with Crippen molar-refractivity contribution in [3.05, 3.63) is 58.1 Å². The molecule has 7 heteroatoms. The predicted octanol–water partition coefficient (Wildman–Crippen LogP) is 2.22. The Labute approximate surface area is 117 Å². The lowest BCUT2D eigenvalue weighted by Gasteiger charge is -2.04. The molecule has 2 N–H and O–H groups in total. The minimum Gasteiger partial charge on any atom is -0.442 e. The molecule has 0 aliphatic carbocycles. The average Bonchev–Trinajstić information content (AvgIpc) is 2.79. The molecule has 0 bridgehead atoms. The Morgan fingerprint density at radius 3 is 2.76 bits per heavy atom. The first-order valence-electron chi connectivity index (χ1n) is 6.10. The molecule has 0 aliphatic rings. The van der Waals surface area contributed by atoms with Gasteiger partial charge in [0.05, 0.1) is 11.9 Å². The zero-order valence-corrected chi connectivity index (χ0v) is 10.9. The van der Waals surface area contributed by atoms with E-state index in [1.165, 1.54) is 30.6 Å².